The largest absolute Gasteiger partial charge is 0.375 e. The summed E-state index contributed by atoms with van der Waals surface area (Å²) >= 11 is 1.42. The zero-order valence-electron chi connectivity index (χ0n) is 9.18. The van der Waals surface area contributed by atoms with Crippen LogP contribution >= 0.6 is 11.3 Å². The van der Waals surface area contributed by atoms with Crippen LogP contribution in [0.2, 0.25) is 0 Å². The van der Waals surface area contributed by atoms with Gasteiger partial charge in [0, 0.05) is 19.0 Å². The minimum atomic E-state index is 0.0246. The molecule has 1 atom stereocenters. The second-order valence-corrected chi connectivity index (χ2v) is 4.68. The van der Waals surface area contributed by atoms with Gasteiger partial charge in [0.05, 0.1) is 11.7 Å². The summed E-state index contributed by atoms with van der Waals surface area (Å²) in [6.07, 6.45) is 1.97. The van der Waals surface area contributed by atoms with Gasteiger partial charge in [0.25, 0.3) is 0 Å². The second-order valence-electron chi connectivity index (χ2n) is 3.79. The van der Waals surface area contributed by atoms with E-state index in [-0.39, 0.29) is 18.6 Å². The van der Waals surface area contributed by atoms with Crippen LogP contribution in [-0.2, 0) is 9.53 Å². The Morgan fingerprint density at radius 2 is 2.62 bits per heavy atom. The van der Waals surface area contributed by atoms with Gasteiger partial charge in [-0.3, -0.25) is 4.79 Å². The number of nitrogens with two attached hydrogens (primary N) is 1. The summed E-state index contributed by atoms with van der Waals surface area (Å²) in [7, 11) is 1.53. The number of amides is 1. The summed E-state index contributed by atoms with van der Waals surface area (Å²) in [4.78, 5) is 17.9. The highest BCUT2D eigenvalue weighted by Gasteiger charge is 2.31. The van der Waals surface area contributed by atoms with E-state index in [1.165, 1.54) is 18.4 Å². The van der Waals surface area contributed by atoms with Crippen LogP contribution in [0, 0.1) is 0 Å². The number of methoxy groups -OCH3 is 1. The monoisotopic (exact) mass is 241 g/mol. The first kappa shape index (κ1) is 11.3. The molecule has 1 amide bonds. The number of nitrogen functional groups attached to an aromatic ring is 1. The third-order valence-corrected chi connectivity index (χ3v) is 3.41. The Bertz CT molecular complexity index is 380. The van der Waals surface area contributed by atoms with Gasteiger partial charge in [-0.2, -0.15) is 0 Å². The SMILES string of the molecule is COCC(=O)N1CCC[C@H]1c1csc(N)n1. The van der Waals surface area contributed by atoms with Crippen molar-refractivity contribution in [2.24, 2.45) is 0 Å². The van der Waals surface area contributed by atoms with E-state index < -0.39 is 0 Å². The van der Waals surface area contributed by atoms with Gasteiger partial charge < -0.3 is 15.4 Å². The molecule has 1 aromatic heterocycles. The van der Waals surface area contributed by atoms with Crippen molar-refractivity contribution in [3.05, 3.63) is 11.1 Å². The molecule has 1 aliphatic rings. The highest BCUT2D eigenvalue weighted by Crippen LogP contribution is 2.32. The van der Waals surface area contributed by atoms with E-state index in [0.29, 0.717) is 5.13 Å². The van der Waals surface area contributed by atoms with E-state index in [1.54, 1.807) is 0 Å². The van der Waals surface area contributed by atoms with Crippen molar-refractivity contribution in [3.8, 4) is 0 Å². The number of likely N-dealkylation sites (tertiary alicyclic amines) is 1. The molecule has 1 saturated heterocycles. The first-order valence-corrected chi connectivity index (χ1v) is 6.09. The molecule has 2 heterocycles. The predicted molar refractivity (Wildman–Crippen MR) is 62.1 cm³/mol. The molecule has 5 nitrogen and oxygen atoms in total. The summed E-state index contributed by atoms with van der Waals surface area (Å²) in [5.74, 6) is 0.0246. The smallest absolute Gasteiger partial charge is 0.249 e. The molecule has 0 saturated carbocycles. The molecule has 1 fully saturated rings. The standard InChI is InChI=1S/C10H15N3O2S/c1-15-5-9(14)13-4-2-3-8(13)7-6-16-10(11)12-7/h6,8H,2-5H2,1H3,(H2,11,12)/t8-/m0/s1. The van der Waals surface area contributed by atoms with Gasteiger partial charge in [-0.25, -0.2) is 4.98 Å². The molecule has 0 aromatic carbocycles. The van der Waals surface area contributed by atoms with Crippen molar-refractivity contribution in [2.45, 2.75) is 18.9 Å². The summed E-state index contributed by atoms with van der Waals surface area (Å²) in [5, 5.41) is 2.49. The zero-order valence-corrected chi connectivity index (χ0v) is 10.00. The van der Waals surface area contributed by atoms with Gasteiger partial charge in [-0.1, -0.05) is 0 Å². The van der Waals surface area contributed by atoms with E-state index in [1.807, 2.05) is 10.3 Å². The Kier molecular flexibility index (Phi) is 3.40. The van der Waals surface area contributed by atoms with Crippen molar-refractivity contribution in [2.75, 3.05) is 26.0 Å². The van der Waals surface area contributed by atoms with Crippen LogP contribution in [0.4, 0.5) is 5.13 Å². The van der Waals surface area contributed by atoms with Crippen LogP contribution < -0.4 is 5.73 Å². The predicted octanol–water partition coefficient (Wildman–Crippen LogP) is 1.04. The van der Waals surface area contributed by atoms with Crippen LogP contribution in [0.25, 0.3) is 0 Å². The molecule has 0 aliphatic carbocycles. The molecule has 16 heavy (non-hydrogen) atoms. The average molecular weight is 241 g/mol. The van der Waals surface area contributed by atoms with E-state index in [0.717, 1.165) is 25.1 Å². The van der Waals surface area contributed by atoms with E-state index in [9.17, 15) is 4.79 Å². The normalized spacial score (nSPS) is 20.3. The van der Waals surface area contributed by atoms with Gasteiger partial charge in [-0.05, 0) is 12.8 Å². The van der Waals surface area contributed by atoms with Crippen LogP contribution in [0.15, 0.2) is 5.38 Å². The van der Waals surface area contributed by atoms with Crippen LogP contribution in [-0.4, -0.2) is 36.1 Å². The first-order valence-electron chi connectivity index (χ1n) is 5.21. The maximum atomic E-state index is 11.8. The lowest BCUT2D eigenvalue weighted by Crippen LogP contribution is -2.33. The number of aromatic nitrogens is 1. The molecule has 0 bridgehead atoms. The quantitative estimate of drug-likeness (QED) is 0.858. The highest BCUT2D eigenvalue weighted by molar-refractivity contribution is 7.13. The molecule has 1 aliphatic heterocycles. The maximum absolute atomic E-state index is 11.8. The molecule has 0 spiro atoms. The summed E-state index contributed by atoms with van der Waals surface area (Å²) < 4.78 is 4.87. The molecule has 2 rings (SSSR count). The number of ether oxygens (including phenoxy) is 1. The highest BCUT2D eigenvalue weighted by atomic mass is 32.1. The second kappa shape index (κ2) is 4.80. The minimum absolute atomic E-state index is 0.0246. The van der Waals surface area contributed by atoms with Crippen molar-refractivity contribution >= 4 is 22.4 Å². The lowest BCUT2D eigenvalue weighted by molar-refractivity contribution is -0.136. The topological polar surface area (TPSA) is 68.5 Å². The number of carbonyl (C=O) groups excluding carboxylic acids is 1. The van der Waals surface area contributed by atoms with Crippen molar-refractivity contribution in [1.82, 2.24) is 9.88 Å². The van der Waals surface area contributed by atoms with Gasteiger partial charge in [-0.15, -0.1) is 11.3 Å². The number of anilines is 1. The van der Waals surface area contributed by atoms with Crippen molar-refractivity contribution in [1.29, 1.82) is 0 Å². The molecule has 6 heteroatoms. The van der Waals surface area contributed by atoms with Crippen molar-refractivity contribution in [3.63, 3.8) is 0 Å². The van der Waals surface area contributed by atoms with Crippen LogP contribution in [0.3, 0.4) is 0 Å². The van der Waals surface area contributed by atoms with Crippen molar-refractivity contribution < 1.29 is 9.53 Å². The molecule has 1 aromatic rings. The number of nitrogens with zero attached hydrogens (tertiary/aromatic N) is 2. The maximum Gasteiger partial charge on any atom is 0.249 e. The third-order valence-electron chi connectivity index (χ3n) is 2.72. The Labute approximate surface area is 98.2 Å². The van der Waals surface area contributed by atoms with Gasteiger partial charge in [0.15, 0.2) is 5.13 Å². The van der Waals surface area contributed by atoms with Crippen LogP contribution in [0.1, 0.15) is 24.6 Å². The first-order chi connectivity index (χ1) is 7.72. The molecule has 0 radical (unpaired) electrons. The number of thiazole rings is 1. The molecular formula is C10H15N3O2S. The fourth-order valence-electron chi connectivity index (χ4n) is 2.03. The summed E-state index contributed by atoms with van der Waals surface area (Å²) in [6, 6.07) is 0.0798. The fraction of sp³-hybridized carbons (Fsp3) is 0.600. The average Bonchev–Trinajstić information content (AvgIpc) is 2.85. The van der Waals surface area contributed by atoms with E-state index in [2.05, 4.69) is 4.98 Å². The van der Waals surface area contributed by atoms with Gasteiger partial charge in [0.2, 0.25) is 5.91 Å². The Morgan fingerprint density at radius 3 is 3.25 bits per heavy atom. The molecule has 88 valence electrons. The number of rotatable bonds is 3. The number of carbonyl (C=O) groups is 1. The van der Waals surface area contributed by atoms with E-state index >= 15 is 0 Å². The molecular weight excluding hydrogens is 226 g/mol. The van der Waals surface area contributed by atoms with Crippen LogP contribution in [0.5, 0.6) is 0 Å². The lowest BCUT2D eigenvalue weighted by Gasteiger charge is -2.22. The van der Waals surface area contributed by atoms with E-state index in [4.69, 9.17) is 10.5 Å². The Balaban J connectivity index is 2.11. The summed E-state index contributed by atoms with van der Waals surface area (Å²) in [6.45, 7) is 0.917. The number of hydrogen-bond acceptors (Lipinski definition) is 5. The summed E-state index contributed by atoms with van der Waals surface area (Å²) in [5.41, 5.74) is 6.51. The fourth-order valence-corrected chi connectivity index (χ4v) is 2.64. The zero-order chi connectivity index (χ0) is 11.5. The molecule has 2 N–H and O–H groups in total. The van der Waals surface area contributed by atoms with Gasteiger partial charge >= 0.3 is 0 Å². The molecule has 0 unspecified atom stereocenters. The van der Waals surface area contributed by atoms with Gasteiger partial charge in [0.1, 0.15) is 6.61 Å². The number of hydrogen-bond donors (Lipinski definition) is 1. The Hall–Kier alpha value is -1.14. The minimum Gasteiger partial charge on any atom is -0.375 e. The third kappa shape index (κ3) is 2.17. The Morgan fingerprint density at radius 1 is 1.81 bits per heavy atom. The lowest BCUT2D eigenvalue weighted by atomic mass is 10.2.